The van der Waals surface area contributed by atoms with Gasteiger partial charge in [-0.15, -0.1) is 0 Å². The van der Waals surface area contributed by atoms with Crippen molar-refractivity contribution >= 4 is 34.1 Å². The van der Waals surface area contributed by atoms with Crippen molar-refractivity contribution in [2.75, 3.05) is 11.4 Å². The molecule has 0 fully saturated rings. The molecule has 0 radical (unpaired) electrons. The number of hydrogen-bond donors (Lipinski definition) is 2. The molecule has 3 aromatic rings. The number of aliphatic hydroxyl groups is 1. The van der Waals surface area contributed by atoms with Crippen molar-refractivity contribution in [2.24, 2.45) is 0 Å². The normalized spacial score (nSPS) is 20.0. The number of halogens is 1. The molecule has 1 atom stereocenters. The Hall–Kier alpha value is -2.30. The predicted octanol–water partition coefficient (Wildman–Crippen LogP) is 3.73. The summed E-state index contributed by atoms with van der Waals surface area (Å²) in [4.78, 5) is 18.0. The summed E-state index contributed by atoms with van der Waals surface area (Å²) >= 11 is 6.16. The van der Waals surface area contributed by atoms with Crippen molar-refractivity contribution in [3.8, 4) is 0 Å². The Balaban J connectivity index is 2.08. The smallest absolute Gasteiger partial charge is 0.268 e. The Labute approximate surface area is 144 Å². The number of H-pyrrole nitrogens is 1. The molecule has 0 bridgehead atoms. The number of aromatic nitrogens is 1. The topological polar surface area (TPSA) is 56.3 Å². The van der Waals surface area contributed by atoms with Gasteiger partial charge in [-0.2, -0.15) is 0 Å². The number of hydrogen-bond acceptors (Lipinski definition) is 2. The van der Waals surface area contributed by atoms with E-state index in [4.69, 9.17) is 11.6 Å². The molecule has 1 aliphatic rings. The molecule has 0 aliphatic carbocycles. The Morgan fingerprint density at radius 2 is 2.00 bits per heavy atom. The van der Waals surface area contributed by atoms with E-state index in [2.05, 4.69) is 4.98 Å². The first-order valence-corrected chi connectivity index (χ1v) is 8.28. The fraction of sp³-hybridized carbons (Fsp3) is 0.211. The molecular formula is C19H17ClN2O2. The second-order valence-corrected chi connectivity index (χ2v) is 6.53. The highest BCUT2D eigenvalue weighted by atomic mass is 35.5. The van der Waals surface area contributed by atoms with Gasteiger partial charge in [-0.25, -0.2) is 0 Å². The van der Waals surface area contributed by atoms with Gasteiger partial charge in [0.25, 0.3) is 5.91 Å². The summed E-state index contributed by atoms with van der Waals surface area (Å²) in [6, 6.07) is 12.9. The maximum Gasteiger partial charge on any atom is 0.268 e. The van der Waals surface area contributed by atoms with Crippen LogP contribution in [0.15, 0.2) is 42.5 Å². The lowest BCUT2D eigenvalue weighted by molar-refractivity contribution is -0.132. The minimum atomic E-state index is -1.74. The Morgan fingerprint density at radius 1 is 1.25 bits per heavy atom. The standard InChI is InChI=1S/C19H17ClN2O2/c1-3-22-16-9-8-12(20)10-14(16)19(24,18(22)23)17-11(2)21-15-7-5-4-6-13(15)17/h4-10,21,24H,3H2,1-2H3/t19-/m0/s1. The third kappa shape index (κ3) is 1.81. The van der Waals surface area contributed by atoms with Crippen LogP contribution in [0.25, 0.3) is 10.9 Å². The molecule has 4 rings (SSSR count). The van der Waals surface area contributed by atoms with Crippen LogP contribution in [0.5, 0.6) is 0 Å². The minimum Gasteiger partial charge on any atom is -0.372 e. The van der Waals surface area contributed by atoms with Crippen LogP contribution < -0.4 is 4.90 Å². The molecule has 2 heterocycles. The van der Waals surface area contributed by atoms with E-state index in [1.54, 1.807) is 23.1 Å². The van der Waals surface area contributed by atoms with Crippen LogP contribution in [0.2, 0.25) is 5.02 Å². The summed E-state index contributed by atoms with van der Waals surface area (Å²) in [5.41, 5.74) is 1.77. The Bertz CT molecular complexity index is 979. The Morgan fingerprint density at radius 3 is 2.75 bits per heavy atom. The summed E-state index contributed by atoms with van der Waals surface area (Å²) in [6.07, 6.45) is 0. The molecule has 0 saturated carbocycles. The molecule has 0 unspecified atom stereocenters. The number of fused-ring (bicyclic) bond motifs is 2. The van der Waals surface area contributed by atoms with Gasteiger partial charge in [-0.1, -0.05) is 29.8 Å². The number of carbonyl (C=O) groups excluding carboxylic acids is 1. The number of anilines is 1. The van der Waals surface area contributed by atoms with Gasteiger partial charge in [-0.3, -0.25) is 4.79 Å². The second kappa shape index (κ2) is 5.10. The number of rotatable bonds is 2. The molecule has 2 N–H and O–H groups in total. The zero-order chi connectivity index (χ0) is 17.1. The average molecular weight is 341 g/mol. The van der Waals surface area contributed by atoms with Gasteiger partial charge in [0.05, 0.1) is 5.69 Å². The van der Waals surface area contributed by atoms with E-state index in [0.717, 1.165) is 16.6 Å². The molecule has 1 amide bonds. The fourth-order valence-corrected chi connectivity index (χ4v) is 3.92. The zero-order valence-corrected chi connectivity index (χ0v) is 14.2. The van der Waals surface area contributed by atoms with Crippen molar-refractivity contribution in [3.05, 3.63) is 64.3 Å². The fourth-order valence-electron chi connectivity index (χ4n) is 3.75. The lowest BCUT2D eigenvalue weighted by Gasteiger charge is -2.23. The summed E-state index contributed by atoms with van der Waals surface area (Å²) in [7, 11) is 0. The maximum absolute atomic E-state index is 13.1. The molecule has 1 aromatic heterocycles. The van der Waals surface area contributed by atoms with Crippen molar-refractivity contribution in [1.82, 2.24) is 4.98 Å². The first kappa shape index (κ1) is 15.2. The number of nitrogens with one attached hydrogen (secondary N) is 1. The van der Waals surface area contributed by atoms with Gasteiger partial charge in [0, 0.05) is 39.3 Å². The first-order valence-electron chi connectivity index (χ1n) is 7.90. The van der Waals surface area contributed by atoms with E-state index < -0.39 is 5.60 Å². The van der Waals surface area contributed by atoms with Crippen LogP contribution in [0.3, 0.4) is 0 Å². The molecule has 0 spiro atoms. The largest absolute Gasteiger partial charge is 0.372 e. The van der Waals surface area contributed by atoms with Gasteiger partial charge < -0.3 is 15.0 Å². The number of amides is 1. The van der Waals surface area contributed by atoms with E-state index >= 15 is 0 Å². The molecule has 4 nitrogen and oxygen atoms in total. The third-order valence-corrected chi connectivity index (χ3v) is 5.00. The molecule has 5 heteroatoms. The number of benzene rings is 2. The highest BCUT2D eigenvalue weighted by Gasteiger charge is 2.52. The van der Waals surface area contributed by atoms with Gasteiger partial charge in [-0.05, 0) is 38.1 Å². The van der Waals surface area contributed by atoms with Crippen molar-refractivity contribution in [2.45, 2.75) is 19.4 Å². The number of para-hydroxylation sites is 1. The van der Waals surface area contributed by atoms with Gasteiger partial charge in [0.2, 0.25) is 0 Å². The van der Waals surface area contributed by atoms with Crippen LogP contribution in [0.1, 0.15) is 23.7 Å². The van der Waals surface area contributed by atoms with Crippen LogP contribution in [0, 0.1) is 6.92 Å². The van der Waals surface area contributed by atoms with E-state index in [1.807, 2.05) is 38.1 Å². The monoisotopic (exact) mass is 340 g/mol. The molecule has 2 aromatic carbocycles. The number of aromatic amines is 1. The number of nitrogens with zero attached hydrogens (tertiary/aromatic N) is 1. The first-order chi connectivity index (χ1) is 11.5. The highest BCUT2D eigenvalue weighted by Crippen LogP contribution is 2.48. The van der Waals surface area contributed by atoms with Crippen molar-refractivity contribution in [3.63, 3.8) is 0 Å². The molecule has 122 valence electrons. The number of likely N-dealkylation sites (N-methyl/N-ethyl adjacent to an activating group) is 1. The SMILES string of the molecule is CCN1C(=O)[C@@](O)(c2c(C)[nH]c3ccccc23)c2cc(Cl)ccc21. The minimum absolute atomic E-state index is 0.338. The lowest BCUT2D eigenvalue weighted by Crippen LogP contribution is -2.41. The lowest BCUT2D eigenvalue weighted by atomic mass is 9.85. The molecule has 24 heavy (non-hydrogen) atoms. The maximum atomic E-state index is 13.1. The van der Waals surface area contributed by atoms with E-state index in [0.29, 0.717) is 28.4 Å². The van der Waals surface area contributed by atoms with Gasteiger partial charge in [0.1, 0.15) is 0 Å². The summed E-state index contributed by atoms with van der Waals surface area (Å²) < 4.78 is 0. The average Bonchev–Trinajstić information content (AvgIpc) is 3.01. The summed E-state index contributed by atoms with van der Waals surface area (Å²) in [5, 5.41) is 12.9. The van der Waals surface area contributed by atoms with E-state index in [1.165, 1.54) is 0 Å². The quantitative estimate of drug-likeness (QED) is 0.746. The zero-order valence-electron chi connectivity index (χ0n) is 13.4. The second-order valence-electron chi connectivity index (χ2n) is 6.09. The number of carbonyl (C=O) groups is 1. The van der Waals surface area contributed by atoms with Gasteiger partial charge >= 0.3 is 0 Å². The van der Waals surface area contributed by atoms with Gasteiger partial charge in [0.15, 0.2) is 5.60 Å². The molecule has 1 aliphatic heterocycles. The van der Waals surface area contributed by atoms with Crippen LogP contribution in [0.4, 0.5) is 5.69 Å². The highest BCUT2D eigenvalue weighted by molar-refractivity contribution is 6.31. The molecular weight excluding hydrogens is 324 g/mol. The summed E-state index contributed by atoms with van der Waals surface area (Å²) in [6.45, 7) is 4.25. The number of aryl methyl sites for hydroxylation is 1. The summed E-state index contributed by atoms with van der Waals surface area (Å²) in [5.74, 6) is -0.338. The van der Waals surface area contributed by atoms with E-state index in [-0.39, 0.29) is 5.91 Å². The van der Waals surface area contributed by atoms with Crippen LogP contribution >= 0.6 is 11.6 Å². The van der Waals surface area contributed by atoms with Crippen molar-refractivity contribution in [1.29, 1.82) is 0 Å². The van der Waals surface area contributed by atoms with Crippen molar-refractivity contribution < 1.29 is 9.90 Å². The predicted molar refractivity (Wildman–Crippen MR) is 95.5 cm³/mol. The van der Waals surface area contributed by atoms with Crippen LogP contribution in [-0.2, 0) is 10.4 Å². The van der Waals surface area contributed by atoms with E-state index in [9.17, 15) is 9.90 Å². The molecule has 0 saturated heterocycles. The third-order valence-electron chi connectivity index (χ3n) is 4.77. The Kier molecular flexibility index (Phi) is 3.24. The van der Waals surface area contributed by atoms with Crippen LogP contribution in [-0.4, -0.2) is 22.5 Å².